The quantitative estimate of drug-likeness (QED) is 0.335. The number of hydrogen-bond donors (Lipinski definition) is 0. The minimum absolute atomic E-state index is 0.406. The van der Waals surface area contributed by atoms with E-state index in [-0.39, 0.29) is 0 Å². The molecule has 1 heterocycles. The molecule has 0 amide bonds. The van der Waals surface area contributed by atoms with Crippen molar-refractivity contribution in [2.75, 3.05) is 13.6 Å². The summed E-state index contributed by atoms with van der Waals surface area (Å²) in [5.41, 5.74) is 11.9. The van der Waals surface area contributed by atoms with Gasteiger partial charge in [0, 0.05) is 5.92 Å². The summed E-state index contributed by atoms with van der Waals surface area (Å²) < 4.78 is 0. The van der Waals surface area contributed by atoms with E-state index in [1.807, 2.05) is 0 Å². The molecule has 0 N–H and O–H groups in total. The number of fused-ring (bicyclic) bond motifs is 1. The molecule has 0 aliphatic carbocycles. The summed E-state index contributed by atoms with van der Waals surface area (Å²) in [7, 11) is 2.24. The van der Waals surface area contributed by atoms with Crippen LogP contribution in [0.4, 0.5) is 0 Å². The van der Waals surface area contributed by atoms with Gasteiger partial charge in [-0.05, 0) is 75.4 Å². The van der Waals surface area contributed by atoms with Gasteiger partial charge in [0.05, 0.1) is 0 Å². The lowest BCUT2D eigenvalue weighted by Gasteiger charge is -2.23. The number of allylic oxidation sites excluding steroid dienone is 1. The highest BCUT2D eigenvalue weighted by atomic mass is 15.0. The third-order valence-electron chi connectivity index (χ3n) is 7.06. The fourth-order valence-electron chi connectivity index (χ4n) is 5.00. The van der Waals surface area contributed by atoms with E-state index in [0.29, 0.717) is 12.8 Å². The van der Waals surface area contributed by atoms with Crippen LogP contribution in [0.25, 0.3) is 0 Å². The van der Waals surface area contributed by atoms with Crippen LogP contribution in [0.1, 0.15) is 86.6 Å². The van der Waals surface area contributed by atoms with Crippen LogP contribution in [0, 0.1) is 13.8 Å². The van der Waals surface area contributed by atoms with Crippen molar-refractivity contribution in [1.82, 2.24) is 4.81 Å². The van der Waals surface area contributed by atoms with Crippen molar-refractivity contribution in [3.8, 4) is 0 Å². The maximum atomic E-state index is 4.44. The average Bonchev–Trinajstić information content (AvgIpc) is 3.47. The topological polar surface area (TPSA) is 3.24 Å². The molecule has 0 saturated carbocycles. The summed E-state index contributed by atoms with van der Waals surface area (Å²) in [6.07, 6.45) is 7.05. The van der Waals surface area contributed by atoms with Crippen molar-refractivity contribution < 1.29 is 0 Å². The van der Waals surface area contributed by atoms with Gasteiger partial charge >= 0.3 is 0 Å². The molecule has 0 saturated heterocycles. The maximum Gasteiger partial charge on any atom is 0.291 e. The summed E-state index contributed by atoms with van der Waals surface area (Å²) >= 11 is 0. The van der Waals surface area contributed by atoms with Gasteiger partial charge in [-0.3, -0.25) is 0 Å². The smallest absolute Gasteiger partial charge is 0.291 e. The van der Waals surface area contributed by atoms with Crippen LogP contribution >= 0.6 is 0 Å². The van der Waals surface area contributed by atoms with E-state index in [0.717, 1.165) is 19.4 Å². The Morgan fingerprint density at radius 2 is 1.83 bits per heavy atom. The van der Waals surface area contributed by atoms with Gasteiger partial charge in [0.15, 0.2) is 0 Å². The Bertz CT molecular complexity index is 898. The number of rotatable bonds is 11. The zero-order chi connectivity index (χ0) is 21.8. The molecule has 1 aliphatic rings. The molecule has 0 bridgehead atoms. The lowest BCUT2D eigenvalue weighted by molar-refractivity contribution is 0.569. The summed E-state index contributed by atoms with van der Waals surface area (Å²) in [6, 6.07) is 12.0. The van der Waals surface area contributed by atoms with E-state index in [1.165, 1.54) is 64.5 Å². The fourth-order valence-corrected chi connectivity index (χ4v) is 5.00. The average molecular weight is 401 g/mol. The summed E-state index contributed by atoms with van der Waals surface area (Å²) in [5.74, 6) is 0.406. The van der Waals surface area contributed by atoms with Gasteiger partial charge in [0.2, 0.25) is 0 Å². The van der Waals surface area contributed by atoms with Gasteiger partial charge in [-0.1, -0.05) is 92.6 Å². The Morgan fingerprint density at radius 1 is 1.07 bits per heavy atom. The molecule has 2 aromatic rings. The van der Waals surface area contributed by atoms with E-state index in [1.54, 1.807) is 5.46 Å². The van der Waals surface area contributed by atoms with Crippen LogP contribution in [-0.4, -0.2) is 25.3 Å². The minimum atomic E-state index is 0.406. The second-order valence-corrected chi connectivity index (χ2v) is 9.30. The fraction of sp³-hybridized carbons (Fsp3) is 0.500. The molecular formula is C28H40BN. The molecule has 1 atom stereocenters. The Balaban J connectivity index is 2.00. The lowest BCUT2D eigenvalue weighted by Crippen LogP contribution is -2.32. The van der Waals surface area contributed by atoms with Crippen LogP contribution in [0.15, 0.2) is 42.5 Å². The minimum Gasteiger partial charge on any atom is -0.337 e. The lowest BCUT2D eigenvalue weighted by atomic mass is 9.75. The number of nitrogens with zero attached hydrogens (tertiary/aromatic N) is 1. The Hall–Kier alpha value is -1.80. The molecule has 1 unspecified atom stereocenters. The third-order valence-corrected chi connectivity index (χ3v) is 7.06. The van der Waals surface area contributed by atoms with Crippen molar-refractivity contribution in [2.24, 2.45) is 0 Å². The second-order valence-electron chi connectivity index (χ2n) is 9.30. The molecule has 1 aliphatic heterocycles. The van der Waals surface area contributed by atoms with Crippen LogP contribution in [-0.2, 0) is 6.42 Å². The van der Waals surface area contributed by atoms with Crippen molar-refractivity contribution in [3.05, 3.63) is 70.3 Å². The van der Waals surface area contributed by atoms with Crippen LogP contribution in [0.2, 0.25) is 0 Å². The first kappa shape index (κ1) is 22.9. The van der Waals surface area contributed by atoms with Crippen molar-refractivity contribution in [3.63, 3.8) is 0 Å². The molecule has 2 aromatic carbocycles. The third kappa shape index (κ3) is 4.75. The van der Waals surface area contributed by atoms with Gasteiger partial charge in [-0.25, -0.2) is 0 Å². The molecule has 30 heavy (non-hydrogen) atoms. The van der Waals surface area contributed by atoms with Gasteiger partial charge in [-0.2, -0.15) is 0 Å². The predicted octanol–water partition coefficient (Wildman–Crippen LogP) is 5.90. The Morgan fingerprint density at radius 3 is 2.50 bits per heavy atom. The number of unbranched alkanes of at least 4 members (excludes halogenated alkanes) is 1. The van der Waals surface area contributed by atoms with Crippen molar-refractivity contribution >= 4 is 17.8 Å². The van der Waals surface area contributed by atoms with Gasteiger partial charge in [0.25, 0.3) is 6.85 Å². The number of hydrogen-bond acceptors (Lipinski definition) is 1. The maximum absolute atomic E-state index is 4.44. The summed E-state index contributed by atoms with van der Waals surface area (Å²) in [5, 5.41) is 0. The molecule has 1 nitrogen and oxygen atoms in total. The number of benzene rings is 2. The predicted molar refractivity (Wildman–Crippen MR) is 135 cm³/mol. The van der Waals surface area contributed by atoms with Gasteiger partial charge < -0.3 is 4.81 Å². The monoisotopic (exact) mass is 401 g/mol. The van der Waals surface area contributed by atoms with E-state index in [2.05, 4.69) is 83.4 Å². The molecule has 3 rings (SSSR count). The molecular weight excluding hydrogens is 361 g/mol. The van der Waals surface area contributed by atoms with E-state index in [9.17, 15) is 0 Å². The van der Waals surface area contributed by atoms with Gasteiger partial charge in [-0.15, -0.1) is 0 Å². The van der Waals surface area contributed by atoms with Crippen LogP contribution in [0.5, 0.6) is 0 Å². The summed E-state index contributed by atoms with van der Waals surface area (Å²) in [6.45, 7) is 17.4. The first-order valence-corrected chi connectivity index (χ1v) is 12.0. The van der Waals surface area contributed by atoms with E-state index < -0.39 is 0 Å². The second kappa shape index (κ2) is 10.0. The van der Waals surface area contributed by atoms with Crippen LogP contribution in [0.3, 0.4) is 0 Å². The van der Waals surface area contributed by atoms with Gasteiger partial charge in [0.1, 0.15) is 0 Å². The molecule has 2 heteroatoms. The highest BCUT2D eigenvalue weighted by Gasteiger charge is 2.42. The van der Waals surface area contributed by atoms with Crippen LogP contribution < -0.4 is 10.9 Å². The Labute approximate surface area is 185 Å². The highest BCUT2D eigenvalue weighted by molar-refractivity contribution is 7.00. The SMILES string of the molecule is C=C(CCC)CC(c1ccc(C)c(CCCC)c1)c1ccc2c(c1C)B2N(C)CC. The largest absolute Gasteiger partial charge is 0.337 e. The highest BCUT2D eigenvalue weighted by Crippen LogP contribution is 2.35. The molecule has 0 fully saturated rings. The molecule has 0 radical (unpaired) electrons. The van der Waals surface area contributed by atoms with E-state index >= 15 is 0 Å². The zero-order valence-corrected chi connectivity index (χ0v) is 20.1. The summed E-state index contributed by atoms with van der Waals surface area (Å²) in [4.78, 5) is 2.46. The van der Waals surface area contributed by atoms with Crippen molar-refractivity contribution in [2.45, 2.75) is 79.1 Å². The first-order valence-electron chi connectivity index (χ1n) is 12.0. The molecule has 0 spiro atoms. The zero-order valence-electron chi connectivity index (χ0n) is 20.1. The standard InChI is InChI=1S/C28H40BN/c1-8-11-13-23-19-24(15-14-21(23)5)26(18-20(4)12-9-2)25-16-17-27-28(22(25)6)29(27)30(7)10-3/h14-17,19,26H,4,8-13,18H2,1-3,5-7H3. The molecule has 160 valence electrons. The molecule has 0 aromatic heterocycles. The first-order chi connectivity index (χ1) is 14.4. The Kier molecular flexibility index (Phi) is 7.63. The van der Waals surface area contributed by atoms with E-state index in [4.69, 9.17) is 0 Å². The normalized spacial score (nSPS) is 13.5. The number of aryl methyl sites for hydroxylation is 2. The van der Waals surface area contributed by atoms with Crippen molar-refractivity contribution in [1.29, 1.82) is 0 Å².